The van der Waals surface area contributed by atoms with Crippen molar-refractivity contribution in [3.8, 4) is 11.5 Å². The van der Waals surface area contributed by atoms with Crippen LogP contribution in [0.2, 0.25) is 0 Å². The molecule has 0 spiro atoms. The molecule has 5 nitrogen and oxygen atoms in total. The maximum absolute atomic E-state index is 12.5. The number of fused-ring (bicyclic) bond motifs is 1. The standard InChI is InChI=1S/C21H20N4OS2/c1-15-6-8-16(9-7-15)28-11-10-22-20(26)12-25-19-5-3-2-4-17(19)24-21(25)18-13-27-14-23-18/h2-9,13-14H,10-12H2,1H3,(H,22,26). The molecule has 2 aromatic heterocycles. The van der Waals surface area contributed by atoms with Crippen LogP contribution >= 0.6 is 23.1 Å². The Morgan fingerprint density at radius 1 is 1.18 bits per heavy atom. The van der Waals surface area contributed by atoms with Crippen LogP contribution in [0.1, 0.15) is 5.56 Å². The highest BCUT2D eigenvalue weighted by Crippen LogP contribution is 2.24. The van der Waals surface area contributed by atoms with Gasteiger partial charge in [0.15, 0.2) is 5.82 Å². The number of thioether (sulfide) groups is 1. The second-order valence-electron chi connectivity index (χ2n) is 6.40. The molecule has 142 valence electrons. The number of aromatic nitrogens is 3. The molecule has 0 fully saturated rings. The van der Waals surface area contributed by atoms with Crippen molar-refractivity contribution >= 4 is 40.0 Å². The number of hydrogen-bond acceptors (Lipinski definition) is 5. The second-order valence-corrected chi connectivity index (χ2v) is 8.28. The topological polar surface area (TPSA) is 59.8 Å². The average Bonchev–Trinajstić information content (AvgIpc) is 3.35. The second kappa shape index (κ2) is 8.58. The third-order valence-corrected chi connectivity index (χ3v) is 5.93. The maximum Gasteiger partial charge on any atom is 0.240 e. The minimum absolute atomic E-state index is 0.0239. The van der Waals surface area contributed by atoms with E-state index < -0.39 is 0 Å². The zero-order chi connectivity index (χ0) is 19.3. The molecule has 0 unspecified atom stereocenters. The number of hydrogen-bond donors (Lipinski definition) is 1. The van der Waals surface area contributed by atoms with Crippen LogP contribution in [0.25, 0.3) is 22.6 Å². The predicted molar refractivity (Wildman–Crippen MR) is 116 cm³/mol. The summed E-state index contributed by atoms with van der Waals surface area (Å²) in [5.41, 5.74) is 5.63. The third-order valence-electron chi connectivity index (χ3n) is 4.33. The fraction of sp³-hybridized carbons (Fsp3) is 0.190. The summed E-state index contributed by atoms with van der Waals surface area (Å²) in [5.74, 6) is 1.54. The van der Waals surface area contributed by atoms with Crippen LogP contribution in [-0.4, -0.2) is 32.7 Å². The molecular weight excluding hydrogens is 388 g/mol. The Balaban J connectivity index is 1.41. The van der Waals surface area contributed by atoms with Gasteiger partial charge in [0.25, 0.3) is 0 Å². The van der Waals surface area contributed by atoms with Gasteiger partial charge in [-0.15, -0.1) is 23.1 Å². The van der Waals surface area contributed by atoms with E-state index in [4.69, 9.17) is 0 Å². The number of para-hydroxylation sites is 2. The number of amides is 1. The molecule has 0 saturated carbocycles. The normalized spacial score (nSPS) is 11.0. The lowest BCUT2D eigenvalue weighted by molar-refractivity contribution is -0.121. The van der Waals surface area contributed by atoms with Crippen molar-refractivity contribution in [2.75, 3.05) is 12.3 Å². The van der Waals surface area contributed by atoms with Crippen molar-refractivity contribution in [1.29, 1.82) is 0 Å². The highest BCUT2D eigenvalue weighted by atomic mass is 32.2. The van der Waals surface area contributed by atoms with Crippen LogP contribution in [0.5, 0.6) is 0 Å². The first kappa shape index (κ1) is 18.7. The van der Waals surface area contributed by atoms with Crippen molar-refractivity contribution in [3.63, 3.8) is 0 Å². The van der Waals surface area contributed by atoms with Gasteiger partial charge in [-0.05, 0) is 31.2 Å². The summed E-state index contributed by atoms with van der Waals surface area (Å²) in [6, 6.07) is 16.3. The van der Waals surface area contributed by atoms with Gasteiger partial charge in [-0.25, -0.2) is 9.97 Å². The first-order valence-corrected chi connectivity index (χ1v) is 10.9. The number of carbonyl (C=O) groups is 1. The minimum Gasteiger partial charge on any atom is -0.354 e. The summed E-state index contributed by atoms with van der Waals surface area (Å²) in [4.78, 5) is 22.8. The van der Waals surface area contributed by atoms with Gasteiger partial charge >= 0.3 is 0 Å². The van der Waals surface area contributed by atoms with Gasteiger partial charge in [0.1, 0.15) is 12.2 Å². The fourth-order valence-electron chi connectivity index (χ4n) is 2.95. The van der Waals surface area contributed by atoms with Crippen LogP contribution in [0, 0.1) is 6.92 Å². The number of nitrogens with zero attached hydrogens (tertiary/aromatic N) is 3. The van der Waals surface area contributed by atoms with E-state index in [9.17, 15) is 4.79 Å². The highest BCUT2D eigenvalue weighted by Gasteiger charge is 2.16. The Morgan fingerprint density at radius 2 is 2.00 bits per heavy atom. The molecule has 7 heteroatoms. The van der Waals surface area contributed by atoms with Gasteiger partial charge in [0, 0.05) is 22.6 Å². The van der Waals surface area contributed by atoms with Crippen LogP contribution in [-0.2, 0) is 11.3 Å². The van der Waals surface area contributed by atoms with E-state index in [1.54, 1.807) is 17.3 Å². The summed E-state index contributed by atoms with van der Waals surface area (Å²) in [7, 11) is 0. The minimum atomic E-state index is -0.0239. The smallest absolute Gasteiger partial charge is 0.240 e. The molecule has 0 saturated heterocycles. The molecule has 4 aromatic rings. The zero-order valence-electron chi connectivity index (χ0n) is 15.5. The molecule has 0 radical (unpaired) electrons. The lowest BCUT2D eigenvalue weighted by atomic mass is 10.2. The predicted octanol–water partition coefficient (Wildman–Crippen LogP) is 4.38. The quantitative estimate of drug-likeness (QED) is 0.364. The summed E-state index contributed by atoms with van der Waals surface area (Å²) in [6.07, 6.45) is 0. The van der Waals surface area contributed by atoms with E-state index >= 15 is 0 Å². The number of nitrogens with one attached hydrogen (secondary N) is 1. The Bertz CT molecular complexity index is 1070. The number of imidazole rings is 1. The molecule has 0 aliphatic rings. The first-order valence-electron chi connectivity index (χ1n) is 9.01. The van der Waals surface area contributed by atoms with Crippen LogP contribution in [0.3, 0.4) is 0 Å². The lowest BCUT2D eigenvalue weighted by Crippen LogP contribution is -2.29. The molecule has 2 heterocycles. The average molecular weight is 409 g/mol. The monoisotopic (exact) mass is 408 g/mol. The largest absolute Gasteiger partial charge is 0.354 e. The van der Waals surface area contributed by atoms with Crippen LogP contribution in [0.15, 0.2) is 64.3 Å². The third kappa shape index (κ3) is 4.26. The lowest BCUT2D eigenvalue weighted by Gasteiger charge is -2.09. The van der Waals surface area contributed by atoms with Crippen molar-refractivity contribution in [2.24, 2.45) is 0 Å². The number of carbonyl (C=O) groups excluding carboxylic acids is 1. The van der Waals surface area contributed by atoms with Crippen molar-refractivity contribution in [3.05, 3.63) is 65.0 Å². The zero-order valence-corrected chi connectivity index (χ0v) is 17.1. The molecule has 0 atom stereocenters. The highest BCUT2D eigenvalue weighted by molar-refractivity contribution is 7.99. The molecule has 1 N–H and O–H groups in total. The fourth-order valence-corrected chi connectivity index (χ4v) is 4.25. The molecule has 0 bridgehead atoms. The summed E-state index contributed by atoms with van der Waals surface area (Å²) >= 11 is 3.26. The maximum atomic E-state index is 12.5. The molecule has 28 heavy (non-hydrogen) atoms. The van der Waals surface area contributed by atoms with Gasteiger partial charge in [0.2, 0.25) is 5.91 Å². The van der Waals surface area contributed by atoms with Crippen LogP contribution < -0.4 is 5.32 Å². The SMILES string of the molecule is Cc1ccc(SCCNC(=O)Cn2c(-c3cscn3)nc3ccccc32)cc1. The number of benzene rings is 2. The summed E-state index contributed by atoms with van der Waals surface area (Å²) < 4.78 is 1.94. The Morgan fingerprint density at radius 3 is 2.79 bits per heavy atom. The van der Waals surface area contributed by atoms with Crippen molar-refractivity contribution in [1.82, 2.24) is 19.9 Å². The Hall–Kier alpha value is -2.64. The number of rotatable bonds is 7. The van der Waals surface area contributed by atoms with E-state index in [1.165, 1.54) is 21.8 Å². The molecule has 0 aliphatic carbocycles. The van der Waals surface area contributed by atoms with Crippen molar-refractivity contribution in [2.45, 2.75) is 18.4 Å². The summed E-state index contributed by atoms with van der Waals surface area (Å²) in [6.45, 7) is 2.92. The molecular formula is C21H20N4OS2. The van der Waals surface area contributed by atoms with Gasteiger partial charge in [-0.1, -0.05) is 29.8 Å². The Kier molecular flexibility index (Phi) is 5.73. The van der Waals surface area contributed by atoms with Gasteiger partial charge < -0.3 is 9.88 Å². The summed E-state index contributed by atoms with van der Waals surface area (Å²) in [5, 5.41) is 4.97. The molecule has 2 aromatic carbocycles. The van der Waals surface area contributed by atoms with Crippen molar-refractivity contribution < 1.29 is 4.79 Å². The van der Waals surface area contributed by atoms with E-state index in [-0.39, 0.29) is 12.5 Å². The van der Waals surface area contributed by atoms with E-state index in [0.29, 0.717) is 6.54 Å². The van der Waals surface area contributed by atoms with E-state index in [2.05, 4.69) is 46.5 Å². The molecule has 1 amide bonds. The molecule has 0 aliphatic heterocycles. The van der Waals surface area contributed by atoms with E-state index in [1.807, 2.05) is 34.2 Å². The van der Waals surface area contributed by atoms with Gasteiger partial charge in [-0.3, -0.25) is 4.79 Å². The number of thiazole rings is 1. The molecule has 4 rings (SSSR count). The Labute approximate surface area is 171 Å². The first-order chi connectivity index (χ1) is 13.7. The number of aryl methyl sites for hydroxylation is 1. The van der Waals surface area contributed by atoms with Gasteiger partial charge in [-0.2, -0.15) is 0 Å². The van der Waals surface area contributed by atoms with Crippen LogP contribution in [0.4, 0.5) is 0 Å². The van der Waals surface area contributed by atoms with E-state index in [0.717, 1.165) is 28.3 Å². The van der Waals surface area contributed by atoms with Gasteiger partial charge in [0.05, 0.1) is 16.5 Å².